The van der Waals surface area contributed by atoms with Crippen molar-refractivity contribution in [1.29, 1.82) is 0 Å². The van der Waals surface area contributed by atoms with E-state index in [0.29, 0.717) is 11.9 Å². The molecule has 0 amide bonds. The fraction of sp³-hybridized carbons (Fsp3) is 0.143. The van der Waals surface area contributed by atoms with Crippen LogP contribution < -0.4 is 4.74 Å². The maximum absolute atomic E-state index is 5.98. The summed E-state index contributed by atoms with van der Waals surface area (Å²) < 4.78 is 7.78. The Labute approximate surface area is 114 Å². The number of fused-ring (bicyclic) bond motifs is 5. The van der Waals surface area contributed by atoms with Crippen LogP contribution in [0.3, 0.4) is 0 Å². The van der Waals surface area contributed by atoms with Crippen LogP contribution in [0, 0.1) is 6.92 Å². The number of halogens is 1. The maximum atomic E-state index is 5.98. The van der Waals surface area contributed by atoms with E-state index in [4.69, 9.17) is 16.3 Å². The van der Waals surface area contributed by atoms with Crippen LogP contribution in [0.4, 0.5) is 0 Å². The lowest BCUT2D eigenvalue weighted by Gasteiger charge is -2.19. The average Bonchev–Trinajstić information content (AvgIpc) is 2.76. The second-order valence-electron chi connectivity index (χ2n) is 4.57. The molecule has 3 aromatic heterocycles. The first-order chi connectivity index (χ1) is 9.22. The van der Waals surface area contributed by atoms with Gasteiger partial charge in [0, 0.05) is 5.69 Å². The number of aromatic nitrogens is 3. The molecule has 0 spiro atoms. The van der Waals surface area contributed by atoms with E-state index in [1.165, 1.54) is 0 Å². The lowest BCUT2D eigenvalue weighted by atomic mass is 10.2. The summed E-state index contributed by atoms with van der Waals surface area (Å²) in [6, 6.07) is 9.68. The third-order valence-electron chi connectivity index (χ3n) is 3.31. The molecule has 0 atom stereocenters. The maximum Gasteiger partial charge on any atom is 0.165 e. The van der Waals surface area contributed by atoms with Crippen LogP contribution in [0.1, 0.15) is 5.69 Å². The molecule has 1 aliphatic rings. The van der Waals surface area contributed by atoms with Crippen LogP contribution in [0.2, 0.25) is 5.15 Å². The zero-order valence-electron chi connectivity index (χ0n) is 10.2. The largest absolute Gasteiger partial charge is 0.470 e. The molecule has 4 nitrogen and oxygen atoms in total. The van der Waals surface area contributed by atoms with Crippen LogP contribution in [0.25, 0.3) is 22.4 Å². The van der Waals surface area contributed by atoms with E-state index in [1.807, 2.05) is 25.1 Å². The highest BCUT2D eigenvalue weighted by atomic mass is 35.5. The second kappa shape index (κ2) is 3.71. The Kier molecular flexibility index (Phi) is 2.11. The predicted molar refractivity (Wildman–Crippen MR) is 73.3 cm³/mol. The number of rotatable bonds is 0. The molecule has 0 aliphatic carbocycles. The Morgan fingerprint density at radius 3 is 3.00 bits per heavy atom. The van der Waals surface area contributed by atoms with Crippen molar-refractivity contribution < 1.29 is 4.74 Å². The van der Waals surface area contributed by atoms with Crippen LogP contribution in [-0.2, 0) is 6.73 Å². The van der Waals surface area contributed by atoms with Gasteiger partial charge in [-0.3, -0.25) is 4.98 Å². The molecule has 1 aliphatic heterocycles. The van der Waals surface area contributed by atoms with Crippen LogP contribution in [-0.4, -0.2) is 14.5 Å². The zero-order chi connectivity index (χ0) is 13.0. The van der Waals surface area contributed by atoms with Crippen molar-refractivity contribution >= 4 is 22.6 Å². The van der Waals surface area contributed by atoms with Crippen molar-refractivity contribution in [2.24, 2.45) is 0 Å². The monoisotopic (exact) mass is 271 g/mol. The standard InChI is InChI=1S/C14H10ClN3O/c1-8-2-3-10-9(16-8)6-11-14-12(19-7-18(10)11)4-5-13(15)17-14/h2-6H,7H2,1H3. The van der Waals surface area contributed by atoms with Gasteiger partial charge < -0.3 is 9.30 Å². The smallest absolute Gasteiger partial charge is 0.165 e. The van der Waals surface area contributed by atoms with E-state index in [2.05, 4.69) is 20.6 Å². The molecule has 0 aromatic carbocycles. The molecule has 0 bridgehead atoms. The fourth-order valence-corrected chi connectivity index (χ4v) is 2.58. The van der Waals surface area contributed by atoms with E-state index >= 15 is 0 Å². The molecule has 4 heterocycles. The van der Waals surface area contributed by atoms with Gasteiger partial charge in [0.05, 0.1) is 16.7 Å². The fourth-order valence-electron chi connectivity index (χ4n) is 2.43. The number of ether oxygens (including phenoxy) is 1. The van der Waals surface area contributed by atoms with Gasteiger partial charge in [-0.2, -0.15) is 0 Å². The van der Waals surface area contributed by atoms with E-state index in [-0.39, 0.29) is 0 Å². The van der Waals surface area contributed by atoms with Crippen LogP contribution >= 0.6 is 11.6 Å². The van der Waals surface area contributed by atoms with Gasteiger partial charge in [0.25, 0.3) is 0 Å². The first-order valence-electron chi connectivity index (χ1n) is 5.99. The highest BCUT2D eigenvalue weighted by molar-refractivity contribution is 6.29. The van der Waals surface area contributed by atoms with Crippen molar-refractivity contribution in [3.05, 3.63) is 41.2 Å². The number of nitrogens with zero attached hydrogens (tertiary/aromatic N) is 3. The van der Waals surface area contributed by atoms with Gasteiger partial charge >= 0.3 is 0 Å². The quantitative estimate of drug-likeness (QED) is 0.588. The van der Waals surface area contributed by atoms with E-state index in [0.717, 1.165) is 33.9 Å². The molecule has 0 unspecified atom stereocenters. The summed E-state index contributed by atoms with van der Waals surface area (Å²) in [5.74, 6) is 0.761. The van der Waals surface area contributed by atoms with E-state index in [9.17, 15) is 0 Å². The van der Waals surface area contributed by atoms with Gasteiger partial charge in [0.2, 0.25) is 0 Å². The van der Waals surface area contributed by atoms with E-state index in [1.54, 1.807) is 6.07 Å². The predicted octanol–water partition coefficient (Wildman–Crippen LogP) is 3.41. The van der Waals surface area contributed by atoms with Crippen molar-refractivity contribution in [3.63, 3.8) is 0 Å². The lowest BCUT2D eigenvalue weighted by Crippen LogP contribution is -2.13. The van der Waals surface area contributed by atoms with E-state index < -0.39 is 0 Å². The van der Waals surface area contributed by atoms with Crippen molar-refractivity contribution in [2.75, 3.05) is 0 Å². The first kappa shape index (κ1) is 10.8. The number of aryl methyl sites for hydroxylation is 1. The summed E-state index contributed by atoms with van der Waals surface area (Å²) in [4.78, 5) is 8.90. The van der Waals surface area contributed by atoms with Crippen LogP contribution in [0.15, 0.2) is 30.3 Å². The molecule has 0 radical (unpaired) electrons. The highest BCUT2D eigenvalue weighted by Gasteiger charge is 2.21. The summed E-state index contributed by atoms with van der Waals surface area (Å²) in [5, 5.41) is 0.463. The minimum atomic E-state index is 0.463. The molecule has 5 heteroatoms. The van der Waals surface area contributed by atoms with Gasteiger partial charge in [-0.05, 0) is 37.3 Å². The highest BCUT2D eigenvalue weighted by Crippen LogP contribution is 2.36. The van der Waals surface area contributed by atoms with Crippen LogP contribution in [0.5, 0.6) is 5.75 Å². The summed E-state index contributed by atoms with van der Waals surface area (Å²) in [7, 11) is 0. The van der Waals surface area contributed by atoms with Gasteiger partial charge in [0.15, 0.2) is 6.73 Å². The Balaban J connectivity index is 2.06. The summed E-state index contributed by atoms with van der Waals surface area (Å²) in [6.07, 6.45) is 0. The molecule has 0 saturated carbocycles. The number of hydrogen-bond acceptors (Lipinski definition) is 3. The first-order valence-corrected chi connectivity index (χ1v) is 6.37. The van der Waals surface area contributed by atoms with Gasteiger partial charge in [-0.25, -0.2) is 4.98 Å². The molecular formula is C14H10ClN3O. The van der Waals surface area contributed by atoms with Gasteiger partial charge in [0.1, 0.15) is 16.6 Å². The SMILES string of the molecule is Cc1ccc2c(cc3n2COc2ccc(Cl)nc2-3)n1. The Morgan fingerprint density at radius 2 is 2.11 bits per heavy atom. The number of hydrogen-bond donors (Lipinski definition) is 0. The Bertz CT molecular complexity index is 810. The summed E-state index contributed by atoms with van der Waals surface area (Å²) >= 11 is 5.98. The Morgan fingerprint density at radius 1 is 1.21 bits per heavy atom. The molecule has 94 valence electrons. The second-order valence-corrected chi connectivity index (χ2v) is 4.96. The molecule has 0 N–H and O–H groups in total. The normalized spacial score (nSPS) is 12.9. The van der Waals surface area contributed by atoms with Crippen molar-refractivity contribution in [2.45, 2.75) is 13.7 Å². The topological polar surface area (TPSA) is 39.9 Å². The molecular weight excluding hydrogens is 262 g/mol. The molecule has 3 aromatic rings. The molecule has 0 fully saturated rings. The minimum absolute atomic E-state index is 0.463. The zero-order valence-corrected chi connectivity index (χ0v) is 11.0. The Hall–Kier alpha value is -2.07. The molecule has 19 heavy (non-hydrogen) atoms. The minimum Gasteiger partial charge on any atom is -0.470 e. The van der Waals surface area contributed by atoms with Gasteiger partial charge in [-0.1, -0.05) is 11.6 Å². The van der Waals surface area contributed by atoms with Gasteiger partial charge in [-0.15, -0.1) is 0 Å². The summed E-state index contributed by atoms with van der Waals surface area (Å²) in [6.45, 7) is 2.45. The molecule has 4 rings (SSSR count). The number of pyridine rings is 2. The third-order valence-corrected chi connectivity index (χ3v) is 3.52. The van der Waals surface area contributed by atoms with Crippen molar-refractivity contribution in [3.8, 4) is 17.1 Å². The summed E-state index contributed by atoms with van der Waals surface area (Å²) in [5.41, 5.74) is 4.77. The molecule has 0 saturated heterocycles. The lowest BCUT2D eigenvalue weighted by molar-refractivity contribution is 0.234. The average molecular weight is 272 g/mol. The van der Waals surface area contributed by atoms with Crippen molar-refractivity contribution in [1.82, 2.24) is 14.5 Å². The third kappa shape index (κ3) is 1.53.